The third kappa shape index (κ3) is 2.77. The number of carbonyl (C=O) groups is 2. The Morgan fingerprint density at radius 2 is 1.69 bits per heavy atom. The summed E-state index contributed by atoms with van der Waals surface area (Å²) in [5.41, 5.74) is 1.29. The topological polar surface area (TPSA) is 79.6 Å². The van der Waals surface area contributed by atoms with Gasteiger partial charge in [-0.05, 0) is 23.8 Å². The zero-order valence-electron chi connectivity index (χ0n) is 13.6. The lowest BCUT2D eigenvalue weighted by Crippen LogP contribution is -2.30. The summed E-state index contributed by atoms with van der Waals surface area (Å²) in [4.78, 5) is 38.3. The van der Waals surface area contributed by atoms with Crippen LogP contribution in [0.3, 0.4) is 0 Å². The summed E-state index contributed by atoms with van der Waals surface area (Å²) in [5.74, 6) is -0.480. The largest absolute Gasteiger partial charge is 0.463 e. The molecule has 1 aliphatic heterocycles. The van der Waals surface area contributed by atoms with Crippen LogP contribution in [0.2, 0.25) is 0 Å². The van der Waals surface area contributed by atoms with Crippen LogP contribution < -0.4 is 10.7 Å². The maximum Gasteiger partial charge on any atom is 0.329 e. The molecule has 2 heterocycles. The van der Waals surface area contributed by atoms with Crippen molar-refractivity contribution in [1.82, 2.24) is 10.2 Å². The van der Waals surface area contributed by atoms with Crippen LogP contribution in [0.1, 0.15) is 11.1 Å². The van der Waals surface area contributed by atoms with Gasteiger partial charge in [-0.15, -0.1) is 0 Å². The summed E-state index contributed by atoms with van der Waals surface area (Å²) in [7, 11) is 0. The average molecular weight is 346 g/mol. The normalized spacial score (nSPS) is 15.7. The quantitative estimate of drug-likeness (QED) is 0.584. The third-order valence-corrected chi connectivity index (χ3v) is 4.15. The molecule has 1 fully saturated rings. The molecular formula is C20H14N2O4. The third-order valence-electron chi connectivity index (χ3n) is 4.15. The lowest BCUT2D eigenvalue weighted by molar-refractivity contribution is -0.123. The van der Waals surface area contributed by atoms with Gasteiger partial charge in [-0.25, -0.2) is 4.79 Å². The van der Waals surface area contributed by atoms with Crippen LogP contribution in [-0.4, -0.2) is 16.8 Å². The van der Waals surface area contributed by atoms with E-state index >= 15 is 0 Å². The van der Waals surface area contributed by atoms with E-state index < -0.39 is 11.9 Å². The van der Waals surface area contributed by atoms with Crippen LogP contribution in [0.4, 0.5) is 4.79 Å². The first-order chi connectivity index (χ1) is 12.6. The van der Waals surface area contributed by atoms with Crippen LogP contribution in [0.5, 0.6) is 0 Å². The first-order valence-electron chi connectivity index (χ1n) is 8.02. The van der Waals surface area contributed by atoms with Crippen molar-refractivity contribution in [2.45, 2.75) is 6.54 Å². The van der Waals surface area contributed by atoms with Gasteiger partial charge >= 0.3 is 6.03 Å². The fraction of sp³-hybridized carbons (Fsp3) is 0.0500. The van der Waals surface area contributed by atoms with Crippen molar-refractivity contribution < 1.29 is 14.0 Å². The molecule has 6 heteroatoms. The summed E-state index contributed by atoms with van der Waals surface area (Å²) in [5, 5.41) is 2.93. The number of hydrogen-bond acceptors (Lipinski definition) is 4. The first kappa shape index (κ1) is 15.8. The molecule has 26 heavy (non-hydrogen) atoms. The predicted molar refractivity (Wildman–Crippen MR) is 96.0 cm³/mol. The van der Waals surface area contributed by atoms with E-state index in [4.69, 9.17) is 4.42 Å². The van der Waals surface area contributed by atoms with Gasteiger partial charge in [0.1, 0.15) is 17.5 Å². The van der Waals surface area contributed by atoms with Gasteiger partial charge in [0.25, 0.3) is 5.91 Å². The van der Waals surface area contributed by atoms with E-state index in [0.29, 0.717) is 11.0 Å². The predicted octanol–water partition coefficient (Wildman–Crippen LogP) is 2.89. The number of amides is 3. The molecule has 0 spiro atoms. The minimum absolute atomic E-state index is 0.0495. The maximum atomic E-state index is 12.5. The number of para-hydroxylation sites is 1. The summed E-state index contributed by atoms with van der Waals surface area (Å²) < 4.78 is 5.44. The molecular weight excluding hydrogens is 332 g/mol. The van der Waals surface area contributed by atoms with Crippen LogP contribution in [0.25, 0.3) is 17.0 Å². The number of nitrogens with zero attached hydrogens (tertiary/aromatic N) is 1. The Labute approximate surface area is 148 Å². The van der Waals surface area contributed by atoms with Crippen molar-refractivity contribution in [3.63, 3.8) is 0 Å². The lowest BCUT2D eigenvalue weighted by Gasteiger charge is -2.11. The van der Waals surface area contributed by atoms with Crippen LogP contribution in [0.15, 0.2) is 75.8 Å². The van der Waals surface area contributed by atoms with Gasteiger partial charge in [0.15, 0.2) is 5.43 Å². The van der Waals surface area contributed by atoms with Gasteiger partial charge in [-0.1, -0.05) is 42.5 Å². The number of imide groups is 1. The maximum absolute atomic E-state index is 12.5. The van der Waals surface area contributed by atoms with Crippen LogP contribution in [0, 0.1) is 0 Å². The Kier molecular flexibility index (Phi) is 3.85. The molecule has 0 radical (unpaired) electrons. The average Bonchev–Trinajstić information content (AvgIpc) is 2.92. The monoisotopic (exact) mass is 346 g/mol. The second kappa shape index (κ2) is 6.33. The Morgan fingerprint density at radius 1 is 0.962 bits per heavy atom. The molecule has 1 aromatic heterocycles. The number of carbonyl (C=O) groups excluding carboxylic acids is 2. The van der Waals surface area contributed by atoms with E-state index in [0.717, 1.165) is 10.5 Å². The van der Waals surface area contributed by atoms with Crippen molar-refractivity contribution in [3.8, 4) is 0 Å². The molecule has 2 aromatic carbocycles. The second-order valence-electron chi connectivity index (χ2n) is 5.88. The minimum Gasteiger partial charge on any atom is -0.463 e. The molecule has 1 aliphatic rings. The SMILES string of the molecule is O=C1N/C(=C/c2coc3ccccc3c2=O)C(=O)N1Cc1ccccc1. The Morgan fingerprint density at radius 3 is 2.50 bits per heavy atom. The highest BCUT2D eigenvalue weighted by Gasteiger charge is 2.33. The molecule has 0 bridgehead atoms. The van der Waals surface area contributed by atoms with E-state index in [-0.39, 0.29) is 23.2 Å². The molecule has 3 aromatic rings. The number of urea groups is 1. The van der Waals surface area contributed by atoms with Gasteiger partial charge in [0.2, 0.25) is 0 Å². The van der Waals surface area contributed by atoms with Crippen molar-refractivity contribution in [2.75, 3.05) is 0 Å². The van der Waals surface area contributed by atoms with E-state index in [2.05, 4.69) is 5.32 Å². The molecule has 0 saturated carbocycles. The zero-order valence-corrected chi connectivity index (χ0v) is 13.6. The molecule has 6 nitrogen and oxygen atoms in total. The van der Waals surface area contributed by atoms with Crippen LogP contribution in [-0.2, 0) is 11.3 Å². The molecule has 128 valence electrons. The standard InChI is InChI=1S/C20H14N2O4/c23-18-14(12-26-17-9-5-4-8-15(17)18)10-16-19(24)22(20(25)21-16)11-13-6-2-1-3-7-13/h1-10,12H,11H2,(H,21,25)/b16-10+. The highest BCUT2D eigenvalue weighted by Crippen LogP contribution is 2.17. The van der Waals surface area contributed by atoms with Gasteiger partial charge in [-0.3, -0.25) is 14.5 Å². The zero-order chi connectivity index (χ0) is 18.1. The van der Waals surface area contributed by atoms with Crippen molar-refractivity contribution in [3.05, 3.63) is 87.9 Å². The minimum atomic E-state index is -0.518. The number of benzene rings is 2. The first-order valence-corrected chi connectivity index (χ1v) is 8.02. The summed E-state index contributed by atoms with van der Waals surface area (Å²) in [6.07, 6.45) is 2.64. The van der Waals surface area contributed by atoms with Gasteiger partial charge < -0.3 is 9.73 Å². The number of fused-ring (bicyclic) bond motifs is 1. The van der Waals surface area contributed by atoms with E-state index in [1.54, 1.807) is 24.3 Å². The molecule has 0 atom stereocenters. The summed E-state index contributed by atoms with van der Waals surface area (Å²) in [6.45, 7) is 0.162. The Bertz CT molecular complexity index is 1100. The molecule has 3 amide bonds. The van der Waals surface area contributed by atoms with Crippen molar-refractivity contribution in [2.24, 2.45) is 0 Å². The van der Waals surface area contributed by atoms with Crippen molar-refractivity contribution >= 4 is 29.0 Å². The molecule has 1 saturated heterocycles. The molecule has 4 rings (SSSR count). The molecule has 0 aliphatic carbocycles. The highest BCUT2D eigenvalue weighted by atomic mass is 16.3. The fourth-order valence-corrected chi connectivity index (χ4v) is 2.83. The fourth-order valence-electron chi connectivity index (χ4n) is 2.83. The summed E-state index contributed by atoms with van der Waals surface area (Å²) in [6, 6.07) is 15.5. The van der Waals surface area contributed by atoms with Crippen LogP contribution >= 0.6 is 0 Å². The highest BCUT2D eigenvalue weighted by molar-refractivity contribution is 6.13. The smallest absolute Gasteiger partial charge is 0.329 e. The van der Waals surface area contributed by atoms with Gasteiger partial charge in [0.05, 0.1) is 17.5 Å². The number of nitrogens with one attached hydrogen (secondary N) is 1. The van der Waals surface area contributed by atoms with E-state index in [1.165, 1.54) is 12.3 Å². The molecule has 0 unspecified atom stereocenters. The Balaban J connectivity index is 1.66. The van der Waals surface area contributed by atoms with Crippen molar-refractivity contribution in [1.29, 1.82) is 0 Å². The number of hydrogen-bond donors (Lipinski definition) is 1. The number of rotatable bonds is 3. The van der Waals surface area contributed by atoms with Gasteiger partial charge in [-0.2, -0.15) is 0 Å². The molecule has 1 N–H and O–H groups in total. The second-order valence-corrected chi connectivity index (χ2v) is 5.88. The summed E-state index contributed by atoms with van der Waals surface area (Å²) >= 11 is 0. The van der Waals surface area contributed by atoms with E-state index in [9.17, 15) is 14.4 Å². The lowest BCUT2D eigenvalue weighted by atomic mass is 10.1. The Hall–Kier alpha value is -3.67. The van der Waals surface area contributed by atoms with E-state index in [1.807, 2.05) is 30.3 Å². The van der Waals surface area contributed by atoms with Gasteiger partial charge in [0, 0.05) is 0 Å².